The Morgan fingerprint density at radius 2 is 2.08 bits per heavy atom. The summed E-state index contributed by atoms with van der Waals surface area (Å²) in [6, 6.07) is 0. The van der Waals surface area contributed by atoms with Gasteiger partial charge in [-0.05, 0) is 57.7 Å². The van der Waals surface area contributed by atoms with E-state index in [4.69, 9.17) is 0 Å². The number of carbonyl (C=O) groups is 1. The topological polar surface area (TPSA) is 61.6 Å². The monoisotopic (exact) mass is 334 g/mol. The first kappa shape index (κ1) is 17.4. The SMILES string of the molecule is C[C@H](O)CN1CC2(CCC1=O)CCN(CCCn1ccnc1)CC2. The van der Waals surface area contributed by atoms with Crippen molar-refractivity contribution in [2.75, 3.05) is 32.7 Å². The third kappa shape index (κ3) is 4.36. The highest BCUT2D eigenvalue weighted by atomic mass is 16.3. The van der Waals surface area contributed by atoms with Crippen molar-refractivity contribution in [3.63, 3.8) is 0 Å². The number of imidazole rings is 1. The fourth-order valence-electron chi connectivity index (χ4n) is 4.14. The lowest BCUT2D eigenvalue weighted by molar-refractivity contribution is -0.140. The van der Waals surface area contributed by atoms with Crippen molar-refractivity contribution < 1.29 is 9.90 Å². The van der Waals surface area contributed by atoms with E-state index in [-0.39, 0.29) is 11.3 Å². The van der Waals surface area contributed by atoms with Crippen LogP contribution in [0.5, 0.6) is 0 Å². The second-order valence-electron chi connectivity index (χ2n) is 7.62. The zero-order valence-electron chi connectivity index (χ0n) is 14.7. The maximum absolute atomic E-state index is 12.1. The number of piperidine rings is 2. The fourth-order valence-corrected chi connectivity index (χ4v) is 4.14. The Hall–Kier alpha value is -1.40. The molecule has 2 aliphatic rings. The molecule has 1 spiro atoms. The molecule has 3 rings (SSSR count). The van der Waals surface area contributed by atoms with Gasteiger partial charge in [0.1, 0.15) is 0 Å². The molecule has 2 fully saturated rings. The summed E-state index contributed by atoms with van der Waals surface area (Å²) in [4.78, 5) is 20.6. The highest BCUT2D eigenvalue weighted by Gasteiger charge is 2.40. The number of aromatic nitrogens is 2. The Labute approximate surface area is 144 Å². The van der Waals surface area contributed by atoms with Gasteiger partial charge in [0.15, 0.2) is 0 Å². The molecule has 6 heteroatoms. The van der Waals surface area contributed by atoms with Crippen LogP contribution >= 0.6 is 0 Å². The van der Waals surface area contributed by atoms with Crippen LogP contribution in [0.15, 0.2) is 18.7 Å². The predicted octanol–water partition coefficient (Wildman–Crippen LogP) is 1.36. The van der Waals surface area contributed by atoms with Crippen LogP contribution in [0.1, 0.15) is 39.0 Å². The van der Waals surface area contributed by atoms with Crippen LogP contribution in [0.25, 0.3) is 0 Å². The summed E-state index contributed by atoms with van der Waals surface area (Å²) in [5, 5.41) is 9.62. The average molecular weight is 334 g/mol. The molecule has 0 unspecified atom stereocenters. The molecule has 0 aromatic carbocycles. The molecule has 1 aromatic heterocycles. The number of rotatable bonds is 6. The van der Waals surface area contributed by atoms with Crippen molar-refractivity contribution in [1.82, 2.24) is 19.4 Å². The van der Waals surface area contributed by atoms with Crippen LogP contribution in [0.4, 0.5) is 0 Å². The van der Waals surface area contributed by atoms with Crippen LogP contribution in [-0.4, -0.2) is 69.2 Å². The van der Waals surface area contributed by atoms with E-state index in [1.54, 1.807) is 6.92 Å². The third-order valence-electron chi connectivity index (χ3n) is 5.60. The van der Waals surface area contributed by atoms with Gasteiger partial charge in [-0.15, -0.1) is 0 Å². The van der Waals surface area contributed by atoms with Crippen LogP contribution in [-0.2, 0) is 11.3 Å². The summed E-state index contributed by atoms with van der Waals surface area (Å²) in [6.45, 7) is 7.48. The van der Waals surface area contributed by atoms with Crippen LogP contribution in [0.3, 0.4) is 0 Å². The van der Waals surface area contributed by atoms with Gasteiger partial charge in [0.05, 0.1) is 12.4 Å². The van der Waals surface area contributed by atoms with E-state index in [1.807, 2.05) is 23.6 Å². The first-order valence-corrected chi connectivity index (χ1v) is 9.20. The third-order valence-corrected chi connectivity index (χ3v) is 5.60. The van der Waals surface area contributed by atoms with Crippen molar-refractivity contribution in [2.24, 2.45) is 5.41 Å². The van der Waals surface area contributed by atoms with Crippen LogP contribution < -0.4 is 0 Å². The van der Waals surface area contributed by atoms with E-state index >= 15 is 0 Å². The minimum atomic E-state index is -0.438. The molecular weight excluding hydrogens is 304 g/mol. The first-order chi connectivity index (χ1) is 11.6. The summed E-state index contributed by atoms with van der Waals surface area (Å²) in [5.74, 6) is 0.212. The number of carbonyl (C=O) groups excluding carboxylic acids is 1. The predicted molar refractivity (Wildman–Crippen MR) is 92.4 cm³/mol. The Morgan fingerprint density at radius 3 is 2.75 bits per heavy atom. The van der Waals surface area contributed by atoms with Gasteiger partial charge < -0.3 is 19.5 Å². The summed E-state index contributed by atoms with van der Waals surface area (Å²) in [5.41, 5.74) is 0.281. The zero-order chi connectivity index (χ0) is 17.0. The lowest BCUT2D eigenvalue weighted by Gasteiger charge is -2.47. The molecule has 0 radical (unpaired) electrons. The lowest BCUT2D eigenvalue weighted by atomic mass is 9.72. The molecule has 3 heterocycles. The van der Waals surface area contributed by atoms with E-state index in [1.165, 1.54) is 12.8 Å². The van der Waals surface area contributed by atoms with Gasteiger partial charge in [-0.25, -0.2) is 4.98 Å². The quantitative estimate of drug-likeness (QED) is 0.853. The van der Waals surface area contributed by atoms with Gasteiger partial charge in [0, 0.05) is 38.4 Å². The summed E-state index contributed by atoms with van der Waals surface area (Å²) in [6.07, 6.45) is 10.4. The number of β-amino-alcohol motifs (C(OH)–C–C–N with tert-alkyl or cyclic N) is 1. The molecule has 1 amide bonds. The highest BCUT2D eigenvalue weighted by molar-refractivity contribution is 5.77. The van der Waals surface area contributed by atoms with Crippen molar-refractivity contribution in [2.45, 2.75) is 51.7 Å². The number of likely N-dealkylation sites (tertiary alicyclic amines) is 2. The maximum Gasteiger partial charge on any atom is 0.222 e. The van der Waals surface area contributed by atoms with E-state index in [9.17, 15) is 9.90 Å². The number of aliphatic hydroxyl groups excluding tert-OH is 1. The lowest BCUT2D eigenvalue weighted by Crippen LogP contribution is -2.52. The van der Waals surface area contributed by atoms with Gasteiger partial charge in [-0.2, -0.15) is 0 Å². The van der Waals surface area contributed by atoms with E-state index in [0.717, 1.165) is 45.6 Å². The minimum Gasteiger partial charge on any atom is -0.392 e. The maximum atomic E-state index is 12.1. The molecule has 2 aliphatic heterocycles. The second kappa shape index (κ2) is 7.66. The molecule has 1 aromatic rings. The fraction of sp³-hybridized carbons (Fsp3) is 0.778. The van der Waals surface area contributed by atoms with E-state index in [2.05, 4.69) is 14.5 Å². The largest absolute Gasteiger partial charge is 0.392 e. The smallest absolute Gasteiger partial charge is 0.222 e. The second-order valence-corrected chi connectivity index (χ2v) is 7.62. The number of amides is 1. The van der Waals surface area contributed by atoms with Gasteiger partial charge in [-0.1, -0.05) is 0 Å². The Morgan fingerprint density at radius 1 is 1.29 bits per heavy atom. The first-order valence-electron chi connectivity index (χ1n) is 9.20. The molecule has 0 aliphatic carbocycles. The molecule has 0 bridgehead atoms. The summed E-state index contributed by atoms with van der Waals surface area (Å²) in [7, 11) is 0. The summed E-state index contributed by atoms with van der Waals surface area (Å²) < 4.78 is 2.13. The molecule has 1 atom stereocenters. The molecule has 2 saturated heterocycles. The van der Waals surface area contributed by atoms with Gasteiger partial charge in [-0.3, -0.25) is 4.79 Å². The van der Waals surface area contributed by atoms with Crippen molar-refractivity contribution in [3.05, 3.63) is 18.7 Å². The number of hydrogen-bond acceptors (Lipinski definition) is 4. The standard InChI is InChI=1S/C18H30N4O2/c1-16(23)13-22-14-18(4-3-17(22)24)5-10-20(11-6-18)8-2-9-21-12-7-19-15-21/h7,12,15-16,23H,2-6,8-11,13-14H2,1H3/t16-/m0/s1. The normalized spacial score (nSPS) is 22.9. The number of nitrogens with zero attached hydrogens (tertiary/aromatic N) is 4. The van der Waals surface area contributed by atoms with Crippen molar-refractivity contribution in [1.29, 1.82) is 0 Å². The van der Waals surface area contributed by atoms with Gasteiger partial charge >= 0.3 is 0 Å². The van der Waals surface area contributed by atoms with E-state index in [0.29, 0.717) is 13.0 Å². The molecule has 134 valence electrons. The Balaban J connectivity index is 1.44. The van der Waals surface area contributed by atoms with Crippen LogP contribution in [0, 0.1) is 5.41 Å². The number of aryl methyl sites for hydroxylation is 1. The minimum absolute atomic E-state index is 0.212. The van der Waals surface area contributed by atoms with Gasteiger partial charge in [0.25, 0.3) is 0 Å². The average Bonchev–Trinajstić information content (AvgIpc) is 3.06. The molecule has 1 N–H and O–H groups in total. The Kier molecular flexibility index (Phi) is 5.56. The Bertz CT molecular complexity index is 521. The molecule has 24 heavy (non-hydrogen) atoms. The van der Waals surface area contributed by atoms with Crippen molar-refractivity contribution in [3.8, 4) is 0 Å². The number of aliphatic hydroxyl groups is 1. The summed E-state index contributed by atoms with van der Waals surface area (Å²) >= 11 is 0. The van der Waals surface area contributed by atoms with Gasteiger partial charge in [0.2, 0.25) is 5.91 Å². The number of hydrogen-bond donors (Lipinski definition) is 1. The van der Waals surface area contributed by atoms with Crippen LogP contribution in [0.2, 0.25) is 0 Å². The van der Waals surface area contributed by atoms with Crippen molar-refractivity contribution >= 4 is 5.91 Å². The zero-order valence-corrected chi connectivity index (χ0v) is 14.7. The molecule has 6 nitrogen and oxygen atoms in total. The highest BCUT2D eigenvalue weighted by Crippen LogP contribution is 2.40. The molecule has 0 saturated carbocycles. The van der Waals surface area contributed by atoms with E-state index < -0.39 is 6.10 Å². The molecular formula is C18H30N4O2.